The molecule has 6 rings (SSSR count). The lowest BCUT2D eigenvalue weighted by Gasteiger charge is -2.30. The first-order valence-electron chi connectivity index (χ1n) is 18.8. The number of aromatic amines is 2. The molecule has 0 saturated carbocycles. The summed E-state index contributed by atoms with van der Waals surface area (Å²) in [4.78, 5) is 71.2. The number of nitrogens with one attached hydrogen (secondary N) is 4. The van der Waals surface area contributed by atoms with Gasteiger partial charge in [0.2, 0.25) is 11.8 Å². The predicted molar refractivity (Wildman–Crippen MR) is 218 cm³/mol. The maximum absolute atomic E-state index is 13.6. The van der Waals surface area contributed by atoms with E-state index in [1.54, 1.807) is 9.80 Å². The number of likely N-dealkylation sites (tertiary alicyclic amines) is 2. The van der Waals surface area contributed by atoms with Gasteiger partial charge in [-0.25, -0.2) is 19.6 Å². The summed E-state index contributed by atoms with van der Waals surface area (Å²) in [6.07, 6.45) is 1.91. The molecule has 16 heteroatoms. The number of imidazole rings is 2. The molecule has 2 fully saturated rings. The lowest BCUT2D eigenvalue weighted by molar-refractivity contribution is -0.136. The second-order valence-corrected chi connectivity index (χ2v) is 16.3. The summed E-state index contributed by atoms with van der Waals surface area (Å²) in [7, 11) is 2.57. The third-order valence-electron chi connectivity index (χ3n) is 10.5. The number of carbonyl (C=O) groups is 4. The molecule has 2 aromatic carbocycles. The van der Waals surface area contributed by atoms with E-state index in [-0.39, 0.29) is 35.7 Å². The third kappa shape index (κ3) is 8.65. The summed E-state index contributed by atoms with van der Waals surface area (Å²) in [6, 6.07) is 14.5. The lowest BCUT2D eigenvalue weighted by Crippen LogP contribution is -2.51. The normalized spacial score (nSPS) is 18.0. The smallest absolute Gasteiger partial charge is 0.407 e. The highest BCUT2D eigenvalue weighted by Crippen LogP contribution is 2.38. The van der Waals surface area contributed by atoms with Crippen LogP contribution < -0.4 is 10.6 Å². The van der Waals surface area contributed by atoms with Crippen LogP contribution in [0.1, 0.15) is 77.1 Å². The first-order chi connectivity index (χ1) is 26.8. The van der Waals surface area contributed by atoms with Crippen molar-refractivity contribution in [2.24, 2.45) is 11.8 Å². The Balaban J connectivity index is 1.15. The molecule has 2 aliphatic heterocycles. The van der Waals surface area contributed by atoms with Gasteiger partial charge in [-0.2, -0.15) is 0 Å². The molecule has 0 aliphatic carbocycles. The largest absolute Gasteiger partial charge is 0.453 e. The van der Waals surface area contributed by atoms with Gasteiger partial charge in [0.25, 0.3) is 0 Å². The van der Waals surface area contributed by atoms with Crippen molar-refractivity contribution in [1.29, 1.82) is 0 Å². The van der Waals surface area contributed by atoms with Crippen LogP contribution in [0.5, 0.6) is 0 Å². The quantitative estimate of drug-likeness (QED) is 0.118. The molecule has 2 aliphatic rings. The van der Waals surface area contributed by atoms with Gasteiger partial charge in [0.1, 0.15) is 32.9 Å². The predicted octanol–water partition coefficient (Wildman–Crippen LogP) is 7.75. The molecular weight excluding hydrogens is 848 g/mol. The average Bonchev–Trinajstić information content (AvgIpc) is 4.02. The van der Waals surface area contributed by atoms with Crippen LogP contribution in [-0.4, -0.2) is 93.1 Å². The van der Waals surface area contributed by atoms with E-state index in [9.17, 15) is 19.2 Å². The molecule has 2 aromatic heterocycles. The second-order valence-electron chi connectivity index (χ2n) is 14.8. The van der Waals surface area contributed by atoms with Crippen LogP contribution in [0.3, 0.4) is 0 Å². The Hall–Kier alpha value is -4.70. The van der Waals surface area contributed by atoms with E-state index in [0.717, 1.165) is 59.3 Å². The van der Waals surface area contributed by atoms with E-state index in [0.29, 0.717) is 33.9 Å². The SMILES string of the molecule is COC(=O)N[C@H](C(=O)N1CCC[C@H]1c1nc(Br)c(-c2ccc(-c3ccc(-c4[nH]c([C@@H]5CCCN5C(=O)[C@@H](NC(=O)OC)C(C)C)nc4Br)cc3)cc2)[nH]1)C(C)C. The van der Waals surface area contributed by atoms with Crippen LogP contribution >= 0.6 is 31.9 Å². The van der Waals surface area contributed by atoms with Gasteiger partial charge in [0.05, 0.1) is 37.7 Å². The van der Waals surface area contributed by atoms with Crippen molar-refractivity contribution in [2.45, 2.75) is 77.5 Å². The van der Waals surface area contributed by atoms with Crippen LogP contribution in [0.15, 0.2) is 57.7 Å². The molecule has 4 aromatic rings. The van der Waals surface area contributed by atoms with Crippen molar-refractivity contribution in [3.8, 4) is 33.6 Å². The zero-order chi connectivity index (χ0) is 40.3. The van der Waals surface area contributed by atoms with Crippen molar-refractivity contribution in [1.82, 2.24) is 40.4 Å². The minimum Gasteiger partial charge on any atom is -0.453 e. The highest BCUT2D eigenvalue weighted by molar-refractivity contribution is 9.10. The zero-order valence-electron chi connectivity index (χ0n) is 32.3. The number of nitrogens with zero attached hydrogens (tertiary/aromatic N) is 4. The molecule has 4 N–H and O–H groups in total. The molecule has 0 radical (unpaired) electrons. The van der Waals surface area contributed by atoms with Crippen LogP contribution in [0, 0.1) is 11.8 Å². The maximum Gasteiger partial charge on any atom is 0.407 e. The summed E-state index contributed by atoms with van der Waals surface area (Å²) < 4.78 is 10.8. The Morgan fingerprint density at radius 1 is 0.643 bits per heavy atom. The molecule has 0 bridgehead atoms. The standard InChI is InChI=1S/C40H48Br2N8O6/c1-21(2)29(45-39(53)55-5)37(51)49-19-7-9-27(49)35-43-31(33(41)47-35)25-15-11-23(12-16-25)24-13-17-26(18-14-24)32-34(42)48-36(44-32)28-10-8-20-50(28)38(52)30(22(3)4)46-40(54)56-6/h11-18,21-22,27-30H,7-10,19-20H2,1-6H3,(H,43,47)(H,44,48)(H,45,53)(H,46,54)/t27-,28-,29-,30-/m0/s1. The Bertz CT molecular complexity index is 1900. The summed E-state index contributed by atoms with van der Waals surface area (Å²) in [6.45, 7) is 8.73. The fourth-order valence-electron chi connectivity index (χ4n) is 7.48. The van der Waals surface area contributed by atoms with E-state index in [1.807, 2.05) is 52.0 Å². The van der Waals surface area contributed by atoms with Gasteiger partial charge in [0, 0.05) is 24.2 Å². The number of aromatic nitrogens is 4. The second kappa shape index (κ2) is 17.6. The molecule has 4 heterocycles. The number of H-pyrrole nitrogens is 2. The number of hydrogen-bond acceptors (Lipinski definition) is 8. The Labute approximate surface area is 343 Å². The molecule has 2 saturated heterocycles. The van der Waals surface area contributed by atoms with Crippen LogP contribution in [-0.2, 0) is 19.1 Å². The monoisotopic (exact) mass is 894 g/mol. The van der Waals surface area contributed by atoms with E-state index >= 15 is 0 Å². The summed E-state index contributed by atoms with van der Waals surface area (Å²) in [5.74, 6) is 0.826. The molecule has 0 unspecified atom stereocenters. The van der Waals surface area contributed by atoms with Gasteiger partial charge in [-0.15, -0.1) is 0 Å². The fourth-order valence-corrected chi connectivity index (χ4v) is 8.52. The van der Waals surface area contributed by atoms with Crippen molar-refractivity contribution in [3.05, 3.63) is 69.4 Å². The summed E-state index contributed by atoms with van der Waals surface area (Å²) >= 11 is 7.28. The Morgan fingerprint density at radius 2 is 0.982 bits per heavy atom. The topological polar surface area (TPSA) is 175 Å². The molecular formula is C40H48Br2N8O6. The van der Waals surface area contributed by atoms with E-state index in [4.69, 9.17) is 19.4 Å². The Kier molecular flexibility index (Phi) is 12.9. The van der Waals surface area contributed by atoms with Crippen molar-refractivity contribution in [2.75, 3.05) is 27.3 Å². The van der Waals surface area contributed by atoms with E-state index in [1.165, 1.54) is 14.2 Å². The maximum atomic E-state index is 13.6. The molecule has 56 heavy (non-hydrogen) atoms. The van der Waals surface area contributed by atoms with Crippen LogP contribution in [0.2, 0.25) is 0 Å². The minimum atomic E-state index is -0.706. The number of methoxy groups -OCH3 is 2. The highest BCUT2D eigenvalue weighted by Gasteiger charge is 2.39. The van der Waals surface area contributed by atoms with Gasteiger partial charge in [-0.05, 0) is 80.5 Å². The number of benzene rings is 2. The van der Waals surface area contributed by atoms with Gasteiger partial charge in [0.15, 0.2) is 0 Å². The molecule has 14 nitrogen and oxygen atoms in total. The number of ether oxygens (including phenoxy) is 2. The van der Waals surface area contributed by atoms with Gasteiger partial charge < -0.3 is 39.9 Å². The fraction of sp³-hybridized carbons (Fsp3) is 0.450. The molecule has 4 atom stereocenters. The number of carbonyl (C=O) groups excluding carboxylic acids is 4. The van der Waals surface area contributed by atoms with Gasteiger partial charge >= 0.3 is 12.2 Å². The van der Waals surface area contributed by atoms with E-state index < -0.39 is 24.3 Å². The third-order valence-corrected chi connectivity index (χ3v) is 11.7. The number of amides is 4. The average molecular weight is 897 g/mol. The number of rotatable bonds is 11. The summed E-state index contributed by atoms with van der Waals surface area (Å²) in [5, 5.41) is 5.39. The van der Waals surface area contributed by atoms with Crippen molar-refractivity contribution < 1.29 is 28.7 Å². The molecule has 0 spiro atoms. The van der Waals surface area contributed by atoms with Crippen LogP contribution in [0.25, 0.3) is 33.6 Å². The van der Waals surface area contributed by atoms with Crippen molar-refractivity contribution in [3.63, 3.8) is 0 Å². The van der Waals surface area contributed by atoms with Gasteiger partial charge in [-0.3, -0.25) is 9.59 Å². The molecule has 298 valence electrons. The summed E-state index contributed by atoms with van der Waals surface area (Å²) in [5.41, 5.74) is 5.58. The first-order valence-corrected chi connectivity index (χ1v) is 20.4. The number of alkyl carbamates (subject to hydrolysis) is 2. The number of halogens is 2. The molecule has 4 amide bonds. The lowest BCUT2D eigenvalue weighted by atomic mass is 10.0. The van der Waals surface area contributed by atoms with E-state index in [2.05, 4.69) is 76.7 Å². The zero-order valence-corrected chi connectivity index (χ0v) is 35.5. The van der Waals surface area contributed by atoms with Crippen LogP contribution in [0.4, 0.5) is 9.59 Å². The first kappa shape index (κ1) is 40.9. The van der Waals surface area contributed by atoms with Gasteiger partial charge in [-0.1, -0.05) is 76.2 Å². The minimum absolute atomic E-state index is 0.119. The Morgan fingerprint density at radius 3 is 1.30 bits per heavy atom. The van der Waals surface area contributed by atoms with Crippen molar-refractivity contribution >= 4 is 55.9 Å². The number of hydrogen-bond donors (Lipinski definition) is 4. The highest BCUT2D eigenvalue weighted by atomic mass is 79.9.